The first-order chi connectivity index (χ1) is 11.5. The minimum atomic E-state index is -0.412. The maximum Gasteiger partial charge on any atom is 0.329 e. The lowest BCUT2D eigenvalue weighted by molar-refractivity contribution is -0.122. The Morgan fingerprint density at radius 2 is 2.12 bits per heavy atom. The van der Waals surface area contributed by atoms with Crippen LogP contribution in [0.2, 0.25) is 0 Å². The number of imide groups is 1. The summed E-state index contributed by atoms with van der Waals surface area (Å²) in [5.41, 5.74) is 0.885. The van der Waals surface area contributed by atoms with Crippen LogP contribution in [0, 0.1) is 12.3 Å². The Morgan fingerprint density at radius 3 is 2.75 bits per heavy atom. The second-order valence-corrected chi connectivity index (χ2v) is 5.82. The normalized spacial score (nSPS) is 15.4. The number of halogens is 1. The highest BCUT2D eigenvalue weighted by molar-refractivity contribution is 9.10. The topological polar surface area (TPSA) is 67.9 Å². The van der Waals surface area contributed by atoms with Crippen LogP contribution >= 0.6 is 15.9 Å². The van der Waals surface area contributed by atoms with E-state index in [0.717, 1.165) is 0 Å². The summed E-state index contributed by atoms with van der Waals surface area (Å²) in [5, 5.41) is 2.58. The highest BCUT2D eigenvalue weighted by Gasteiger charge is 2.32. The van der Waals surface area contributed by atoms with Gasteiger partial charge in [0.25, 0.3) is 5.91 Å². The third-order valence-electron chi connectivity index (χ3n) is 3.30. The first kappa shape index (κ1) is 17.9. The fraction of sp³-hybridized carbons (Fsp3) is 0.294. The zero-order valence-electron chi connectivity index (χ0n) is 13.4. The summed E-state index contributed by atoms with van der Waals surface area (Å²) in [4.78, 5) is 25.3. The molecule has 24 heavy (non-hydrogen) atoms. The van der Waals surface area contributed by atoms with E-state index in [1.54, 1.807) is 18.2 Å². The Balaban J connectivity index is 2.34. The molecule has 1 aliphatic heterocycles. The number of urea groups is 1. The van der Waals surface area contributed by atoms with Gasteiger partial charge in [-0.1, -0.05) is 28.8 Å². The van der Waals surface area contributed by atoms with Crippen molar-refractivity contribution < 1.29 is 19.1 Å². The smallest absolute Gasteiger partial charge is 0.329 e. The number of hydrogen-bond donors (Lipinski definition) is 1. The van der Waals surface area contributed by atoms with E-state index >= 15 is 0 Å². The van der Waals surface area contributed by atoms with Gasteiger partial charge in [-0.25, -0.2) is 4.79 Å². The number of amides is 3. The van der Waals surface area contributed by atoms with Gasteiger partial charge >= 0.3 is 6.03 Å². The lowest BCUT2D eigenvalue weighted by atomic mass is 10.1. The Morgan fingerprint density at radius 1 is 1.38 bits per heavy atom. The Bertz CT molecular complexity index is 737. The molecule has 2 rings (SSSR count). The van der Waals surface area contributed by atoms with Gasteiger partial charge in [0.1, 0.15) is 12.3 Å². The van der Waals surface area contributed by atoms with E-state index in [2.05, 4.69) is 27.2 Å². The molecular formula is C17H17BrN2O4. The van der Waals surface area contributed by atoms with Crippen LogP contribution in [0.15, 0.2) is 22.3 Å². The summed E-state index contributed by atoms with van der Waals surface area (Å²) in [7, 11) is 1.51. The highest BCUT2D eigenvalue weighted by atomic mass is 79.9. The minimum Gasteiger partial charge on any atom is -0.493 e. The highest BCUT2D eigenvalue weighted by Crippen LogP contribution is 2.34. The van der Waals surface area contributed by atoms with Crippen LogP contribution in [0.1, 0.15) is 18.9 Å². The monoisotopic (exact) mass is 392 g/mol. The van der Waals surface area contributed by atoms with Gasteiger partial charge in [0.05, 0.1) is 7.11 Å². The van der Waals surface area contributed by atoms with E-state index in [0.29, 0.717) is 34.5 Å². The van der Waals surface area contributed by atoms with E-state index in [-0.39, 0.29) is 18.2 Å². The number of methoxy groups -OCH3 is 1. The minimum absolute atomic E-state index is 0.115. The van der Waals surface area contributed by atoms with Crippen LogP contribution < -0.4 is 14.8 Å². The van der Waals surface area contributed by atoms with Crippen molar-refractivity contribution in [2.75, 3.05) is 20.3 Å². The number of nitrogens with one attached hydrogen (secondary N) is 1. The lowest BCUT2D eigenvalue weighted by Gasteiger charge is -2.11. The van der Waals surface area contributed by atoms with Crippen LogP contribution in [0.3, 0.4) is 0 Å². The van der Waals surface area contributed by atoms with Crippen molar-refractivity contribution in [2.24, 2.45) is 0 Å². The molecule has 0 radical (unpaired) electrons. The molecule has 1 aliphatic rings. The predicted molar refractivity (Wildman–Crippen MR) is 93.5 cm³/mol. The van der Waals surface area contributed by atoms with Crippen molar-refractivity contribution in [3.8, 4) is 23.8 Å². The summed E-state index contributed by atoms with van der Waals surface area (Å²) in [6, 6.07) is 2.99. The number of rotatable bonds is 6. The molecule has 0 unspecified atom stereocenters. The van der Waals surface area contributed by atoms with Gasteiger partial charge in [-0.15, -0.1) is 6.42 Å². The molecule has 126 valence electrons. The van der Waals surface area contributed by atoms with Crippen molar-refractivity contribution in [2.45, 2.75) is 13.3 Å². The van der Waals surface area contributed by atoms with Crippen molar-refractivity contribution >= 4 is 33.9 Å². The number of carbonyl (C=O) groups is 2. The average molecular weight is 393 g/mol. The van der Waals surface area contributed by atoms with Gasteiger partial charge < -0.3 is 14.8 Å². The summed E-state index contributed by atoms with van der Waals surface area (Å²) >= 11 is 3.42. The largest absolute Gasteiger partial charge is 0.493 e. The standard InChI is InChI=1S/C17H17BrN2O4/c1-4-6-20-16(21)13(19-17(20)22)8-11-9-14(23-3)15(10-12(11)18)24-7-5-2/h2,8-10H,4,6-7H2,1,3H3,(H,19,22)/b13-8+. The van der Waals surface area contributed by atoms with E-state index in [1.165, 1.54) is 12.0 Å². The summed E-state index contributed by atoms with van der Waals surface area (Å²) in [6.45, 7) is 2.40. The first-order valence-electron chi connectivity index (χ1n) is 7.30. The molecule has 0 aliphatic carbocycles. The molecule has 1 aromatic rings. The van der Waals surface area contributed by atoms with Crippen LogP contribution in [0.4, 0.5) is 4.79 Å². The van der Waals surface area contributed by atoms with Crippen molar-refractivity contribution in [1.82, 2.24) is 10.2 Å². The van der Waals surface area contributed by atoms with Crippen LogP contribution in [0.5, 0.6) is 11.5 Å². The summed E-state index contributed by atoms with van der Waals surface area (Å²) in [6.07, 6.45) is 7.48. The fourth-order valence-corrected chi connectivity index (χ4v) is 2.64. The van der Waals surface area contributed by atoms with Crippen LogP contribution in [-0.2, 0) is 4.79 Å². The van der Waals surface area contributed by atoms with Crippen LogP contribution in [-0.4, -0.2) is 37.1 Å². The van der Waals surface area contributed by atoms with Gasteiger partial charge in [-0.05, 0) is 30.2 Å². The molecule has 0 bridgehead atoms. The number of nitrogens with zero attached hydrogens (tertiary/aromatic N) is 1. The van der Waals surface area contributed by atoms with E-state index in [1.807, 2.05) is 6.92 Å². The number of benzene rings is 1. The maximum atomic E-state index is 12.3. The number of ether oxygens (including phenoxy) is 2. The molecule has 0 atom stereocenters. The third kappa shape index (κ3) is 3.71. The molecule has 0 saturated carbocycles. The lowest BCUT2D eigenvalue weighted by Crippen LogP contribution is -2.31. The SMILES string of the molecule is C#CCOc1cc(Br)c(/C=C2/NC(=O)N(CCC)C2=O)cc1OC. The van der Waals surface area contributed by atoms with E-state index < -0.39 is 6.03 Å². The van der Waals surface area contributed by atoms with Gasteiger partial charge in [0.2, 0.25) is 0 Å². The molecule has 0 aromatic heterocycles. The van der Waals surface area contributed by atoms with Gasteiger partial charge in [0.15, 0.2) is 11.5 Å². The maximum absolute atomic E-state index is 12.3. The summed E-state index contributed by atoms with van der Waals surface area (Å²) in [5.74, 6) is 3.00. The number of hydrogen-bond acceptors (Lipinski definition) is 4. The third-order valence-corrected chi connectivity index (χ3v) is 3.99. The van der Waals surface area contributed by atoms with Crippen molar-refractivity contribution in [1.29, 1.82) is 0 Å². The van der Waals surface area contributed by atoms with Gasteiger partial charge in [0, 0.05) is 11.0 Å². The van der Waals surface area contributed by atoms with E-state index in [9.17, 15) is 9.59 Å². The zero-order chi connectivity index (χ0) is 17.7. The Hall–Kier alpha value is -2.46. The molecule has 1 aromatic carbocycles. The quantitative estimate of drug-likeness (QED) is 0.459. The predicted octanol–water partition coefficient (Wildman–Crippen LogP) is 2.77. The molecule has 1 saturated heterocycles. The molecule has 1 N–H and O–H groups in total. The molecule has 0 spiro atoms. The second-order valence-electron chi connectivity index (χ2n) is 4.96. The number of carbonyl (C=O) groups excluding carboxylic acids is 2. The zero-order valence-corrected chi connectivity index (χ0v) is 15.0. The molecular weight excluding hydrogens is 376 g/mol. The molecule has 3 amide bonds. The van der Waals surface area contributed by atoms with Gasteiger partial charge in [-0.2, -0.15) is 0 Å². The average Bonchev–Trinajstić information content (AvgIpc) is 2.82. The van der Waals surface area contributed by atoms with Crippen LogP contribution in [0.25, 0.3) is 6.08 Å². The fourth-order valence-electron chi connectivity index (χ4n) is 2.21. The number of terminal acetylenes is 1. The van der Waals surface area contributed by atoms with Crippen molar-refractivity contribution in [3.05, 3.63) is 27.9 Å². The first-order valence-corrected chi connectivity index (χ1v) is 8.09. The van der Waals surface area contributed by atoms with Gasteiger partial charge in [-0.3, -0.25) is 9.69 Å². The molecule has 1 fully saturated rings. The molecule has 1 heterocycles. The summed E-state index contributed by atoms with van der Waals surface area (Å²) < 4.78 is 11.4. The Labute approximate surface area is 148 Å². The van der Waals surface area contributed by atoms with E-state index in [4.69, 9.17) is 15.9 Å². The second kappa shape index (κ2) is 7.88. The molecule has 6 nitrogen and oxygen atoms in total. The molecule has 7 heteroatoms. The van der Waals surface area contributed by atoms with Crippen molar-refractivity contribution in [3.63, 3.8) is 0 Å². The Kier molecular flexibility index (Phi) is 5.88.